The quantitative estimate of drug-likeness (QED) is 0.691. The number of nitrogens with one attached hydrogen (secondary N) is 1. The molecule has 1 aromatic heterocycles. The third-order valence-electron chi connectivity index (χ3n) is 4.40. The summed E-state index contributed by atoms with van der Waals surface area (Å²) >= 11 is 0. The number of nitrogens with zero attached hydrogens (tertiary/aromatic N) is 1. The van der Waals surface area contributed by atoms with E-state index in [1.165, 1.54) is 6.07 Å². The van der Waals surface area contributed by atoms with E-state index in [9.17, 15) is 9.59 Å². The first-order chi connectivity index (χ1) is 12.6. The van der Waals surface area contributed by atoms with Crippen LogP contribution in [0.2, 0.25) is 0 Å². The Kier molecular flexibility index (Phi) is 5.37. The van der Waals surface area contributed by atoms with Gasteiger partial charge in [0.1, 0.15) is 5.58 Å². The number of fused-ring (bicyclic) bond motifs is 1. The fraction of sp³-hybridized carbons (Fsp3) is 0.238. The zero-order chi connectivity index (χ0) is 18.5. The van der Waals surface area contributed by atoms with E-state index in [1.54, 1.807) is 0 Å². The molecule has 0 unspecified atom stereocenters. The van der Waals surface area contributed by atoms with Crippen molar-refractivity contribution < 1.29 is 9.21 Å². The maximum absolute atomic E-state index is 12.6. The van der Waals surface area contributed by atoms with Crippen LogP contribution in [0.5, 0.6) is 0 Å². The topological polar surface area (TPSA) is 62.6 Å². The lowest BCUT2D eigenvalue weighted by Gasteiger charge is -2.21. The number of benzene rings is 2. The van der Waals surface area contributed by atoms with Crippen molar-refractivity contribution in [3.8, 4) is 0 Å². The van der Waals surface area contributed by atoms with E-state index in [-0.39, 0.29) is 5.91 Å². The highest BCUT2D eigenvalue weighted by Gasteiger charge is 2.14. The molecule has 2 aromatic carbocycles. The summed E-state index contributed by atoms with van der Waals surface area (Å²) in [6, 6.07) is 16.5. The van der Waals surface area contributed by atoms with Crippen LogP contribution in [0.4, 0.5) is 5.69 Å². The molecule has 0 fully saturated rings. The van der Waals surface area contributed by atoms with Gasteiger partial charge in [-0.25, -0.2) is 4.79 Å². The molecule has 0 spiro atoms. The van der Waals surface area contributed by atoms with Crippen LogP contribution in [0.15, 0.2) is 63.8 Å². The van der Waals surface area contributed by atoms with E-state index in [1.807, 2.05) is 48.5 Å². The van der Waals surface area contributed by atoms with Crippen molar-refractivity contribution in [1.29, 1.82) is 0 Å². The van der Waals surface area contributed by atoms with Crippen LogP contribution in [0.3, 0.4) is 0 Å². The second kappa shape index (κ2) is 7.87. The molecule has 0 aliphatic heterocycles. The van der Waals surface area contributed by atoms with Crippen LogP contribution in [0.25, 0.3) is 11.0 Å². The highest BCUT2D eigenvalue weighted by molar-refractivity contribution is 6.05. The minimum Gasteiger partial charge on any atom is -0.423 e. The average Bonchev–Trinajstić information content (AvgIpc) is 2.67. The maximum Gasteiger partial charge on any atom is 0.337 e. The van der Waals surface area contributed by atoms with Crippen molar-refractivity contribution in [1.82, 2.24) is 5.32 Å². The lowest BCUT2D eigenvalue weighted by Crippen LogP contribution is -2.24. The summed E-state index contributed by atoms with van der Waals surface area (Å²) < 4.78 is 5.33. The van der Waals surface area contributed by atoms with Gasteiger partial charge in [0.25, 0.3) is 5.91 Å². The maximum atomic E-state index is 12.6. The van der Waals surface area contributed by atoms with Crippen molar-refractivity contribution in [2.24, 2.45) is 0 Å². The number of hydrogen-bond acceptors (Lipinski definition) is 4. The van der Waals surface area contributed by atoms with Gasteiger partial charge in [0.05, 0.1) is 5.56 Å². The lowest BCUT2D eigenvalue weighted by molar-refractivity contribution is 0.0952. The first-order valence-electron chi connectivity index (χ1n) is 8.77. The van der Waals surface area contributed by atoms with Gasteiger partial charge in [-0.3, -0.25) is 4.79 Å². The molecule has 0 saturated heterocycles. The molecule has 0 radical (unpaired) electrons. The van der Waals surface area contributed by atoms with Crippen molar-refractivity contribution in [2.75, 3.05) is 18.0 Å². The first-order valence-corrected chi connectivity index (χ1v) is 8.77. The van der Waals surface area contributed by atoms with E-state index >= 15 is 0 Å². The number of amides is 1. The van der Waals surface area contributed by atoms with Gasteiger partial charge in [-0.15, -0.1) is 0 Å². The molecule has 0 aliphatic carbocycles. The van der Waals surface area contributed by atoms with E-state index in [4.69, 9.17) is 4.42 Å². The van der Waals surface area contributed by atoms with Gasteiger partial charge in [0.15, 0.2) is 0 Å². The molecule has 0 aliphatic rings. The van der Waals surface area contributed by atoms with Crippen molar-refractivity contribution in [2.45, 2.75) is 20.4 Å². The zero-order valence-electron chi connectivity index (χ0n) is 15.0. The summed E-state index contributed by atoms with van der Waals surface area (Å²) in [4.78, 5) is 26.7. The van der Waals surface area contributed by atoms with Gasteiger partial charge >= 0.3 is 5.63 Å². The summed E-state index contributed by atoms with van der Waals surface area (Å²) in [5.74, 6) is -0.289. The monoisotopic (exact) mass is 350 g/mol. The minimum atomic E-state index is -0.529. The summed E-state index contributed by atoms with van der Waals surface area (Å²) in [5, 5.41) is 3.50. The molecule has 5 nitrogen and oxygen atoms in total. The van der Waals surface area contributed by atoms with Gasteiger partial charge in [-0.05, 0) is 31.5 Å². The Bertz CT molecular complexity index is 960. The smallest absolute Gasteiger partial charge is 0.337 e. The van der Waals surface area contributed by atoms with Crippen LogP contribution in [0, 0.1) is 0 Å². The number of anilines is 1. The molecule has 1 N–H and O–H groups in total. The van der Waals surface area contributed by atoms with Gasteiger partial charge in [0, 0.05) is 42.8 Å². The Hall–Kier alpha value is -3.08. The summed E-state index contributed by atoms with van der Waals surface area (Å²) in [6.07, 6.45) is 0. The molecular formula is C21H22N2O3. The highest BCUT2D eigenvalue weighted by atomic mass is 16.4. The van der Waals surface area contributed by atoms with Gasteiger partial charge in [-0.2, -0.15) is 0 Å². The van der Waals surface area contributed by atoms with E-state index in [2.05, 4.69) is 24.1 Å². The summed E-state index contributed by atoms with van der Waals surface area (Å²) in [7, 11) is 0. The normalized spacial score (nSPS) is 10.7. The second-order valence-corrected chi connectivity index (χ2v) is 6.00. The summed E-state index contributed by atoms with van der Waals surface area (Å²) in [5.41, 5.74) is 2.19. The number of rotatable bonds is 6. The Morgan fingerprint density at radius 1 is 1.04 bits per heavy atom. The summed E-state index contributed by atoms with van der Waals surface area (Å²) in [6.45, 7) is 6.24. The van der Waals surface area contributed by atoms with Crippen LogP contribution in [-0.2, 0) is 6.54 Å². The largest absolute Gasteiger partial charge is 0.423 e. The van der Waals surface area contributed by atoms with E-state index in [0.29, 0.717) is 23.1 Å². The van der Waals surface area contributed by atoms with Crippen LogP contribution in [0.1, 0.15) is 29.8 Å². The molecular weight excluding hydrogens is 328 g/mol. The third-order valence-corrected chi connectivity index (χ3v) is 4.40. The SMILES string of the molecule is CCN(CC)c1ccc2c(C(=O)NCc3ccccc3)cc(=O)oc2c1. The molecule has 5 heteroatoms. The molecule has 0 bridgehead atoms. The number of carbonyl (C=O) groups is 1. The van der Waals surface area contributed by atoms with Gasteiger partial charge < -0.3 is 14.6 Å². The molecule has 3 aromatic rings. The molecule has 134 valence electrons. The zero-order valence-corrected chi connectivity index (χ0v) is 15.0. The molecule has 1 amide bonds. The van der Waals surface area contributed by atoms with E-state index < -0.39 is 5.63 Å². The van der Waals surface area contributed by atoms with Crippen LogP contribution >= 0.6 is 0 Å². The Labute approximate surface area is 152 Å². The minimum absolute atomic E-state index is 0.289. The molecule has 0 atom stereocenters. The predicted molar refractivity (Wildman–Crippen MR) is 104 cm³/mol. The molecule has 26 heavy (non-hydrogen) atoms. The van der Waals surface area contributed by atoms with Crippen molar-refractivity contribution in [3.05, 3.63) is 76.1 Å². The van der Waals surface area contributed by atoms with Crippen molar-refractivity contribution >= 4 is 22.6 Å². The Balaban J connectivity index is 1.92. The standard InChI is InChI=1S/C21H22N2O3/c1-3-23(4-2)16-10-11-17-18(13-20(24)26-19(17)12-16)21(25)22-14-15-8-6-5-7-9-15/h5-13H,3-4,14H2,1-2H3,(H,22,25). The van der Waals surface area contributed by atoms with Crippen LogP contribution in [-0.4, -0.2) is 19.0 Å². The average molecular weight is 350 g/mol. The predicted octanol–water partition coefficient (Wildman–Crippen LogP) is 3.57. The molecule has 0 saturated carbocycles. The first kappa shape index (κ1) is 17.7. The Morgan fingerprint density at radius 3 is 2.46 bits per heavy atom. The number of hydrogen-bond donors (Lipinski definition) is 1. The molecule has 1 heterocycles. The van der Waals surface area contributed by atoms with E-state index in [0.717, 1.165) is 24.3 Å². The van der Waals surface area contributed by atoms with Crippen molar-refractivity contribution in [3.63, 3.8) is 0 Å². The van der Waals surface area contributed by atoms with Gasteiger partial charge in [0.2, 0.25) is 0 Å². The number of carbonyl (C=O) groups excluding carboxylic acids is 1. The lowest BCUT2D eigenvalue weighted by atomic mass is 10.1. The third kappa shape index (κ3) is 3.77. The molecule has 3 rings (SSSR count). The van der Waals surface area contributed by atoms with Crippen LogP contribution < -0.4 is 15.8 Å². The van der Waals surface area contributed by atoms with Gasteiger partial charge in [-0.1, -0.05) is 30.3 Å². The highest BCUT2D eigenvalue weighted by Crippen LogP contribution is 2.24. The Morgan fingerprint density at radius 2 is 1.77 bits per heavy atom. The fourth-order valence-electron chi connectivity index (χ4n) is 3.00. The second-order valence-electron chi connectivity index (χ2n) is 6.00. The fourth-order valence-corrected chi connectivity index (χ4v) is 3.00.